The molecule has 35 heavy (non-hydrogen) atoms. The summed E-state index contributed by atoms with van der Waals surface area (Å²) in [6, 6.07) is 18.4. The third kappa shape index (κ3) is 3.74. The minimum Gasteiger partial charge on any atom is -0.463 e. The quantitative estimate of drug-likeness (QED) is 0.348. The molecule has 5 atom stereocenters. The van der Waals surface area contributed by atoms with Crippen LogP contribution in [-0.2, 0) is 14.3 Å². The highest BCUT2D eigenvalue weighted by Gasteiger charge is 2.52. The second-order valence-electron chi connectivity index (χ2n) is 9.87. The molecule has 3 heteroatoms. The third-order valence-electron chi connectivity index (χ3n) is 8.01. The summed E-state index contributed by atoms with van der Waals surface area (Å²) < 4.78 is 5.46. The van der Waals surface area contributed by atoms with Gasteiger partial charge in [0.25, 0.3) is 0 Å². The van der Waals surface area contributed by atoms with Crippen LogP contribution in [0.1, 0.15) is 61.1 Å². The zero-order chi connectivity index (χ0) is 24.7. The molecular formula is C32H32O3. The smallest absolute Gasteiger partial charge is 0.334 e. The molecule has 178 valence electrons. The zero-order valence-corrected chi connectivity index (χ0v) is 20.5. The minimum atomic E-state index is -0.357. The normalized spacial score (nSPS) is 27.4. The Morgan fingerprint density at radius 3 is 2.40 bits per heavy atom. The van der Waals surface area contributed by atoms with Crippen molar-refractivity contribution in [2.75, 3.05) is 6.61 Å². The average molecular weight is 465 g/mol. The van der Waals surface area contributed by atoms with Gasteiger partial charge in [-0.1, -0.05) is 84.5 Å². The molecule has 0 saturated heterocycles. The number of carbonyl (C=O) groups is 2. The third-order valence-corrected chi connectivity index (χ3v) is 8.01. The summed E-state index contributed by atoms with van der Waals surface area (Å²) in [7, 11) is 0. The lowest BCUT2D eigenvalue weighted by Gasteiger charge is -2.31. The minimum absolute atomic E-state index is 0.0158. The van der Waals surface area contributed by atoms with Crippen molar-refractivity contribution < 1.29 is 14.3 Å². The molecule has 0 aliphatic heterocycles. The number of esters is 1. The fourth-order valence-electron chi connectivity index (χ4n) is 6.64. The summed E-state index contributed by atoms with van der Waals surface area (Å²) in [5, 5.41) is 0. The highest BCUT2D eigenvalue weighted by atomic mass is 16.5. The molecule has 0 bridgehead atoms. The van der Waals surface area contributed by atoms with Crippen LogP contribution in [0.2, 0.25) is 0 Å². The van der Waals surface area contributed by atoms with Gasteiger partial charge < -0.3 is 4.74 Å². The van der Waals surface area contributed by atoms with Crippen LogP contribution in [0, 0.1) is 11.8 Å². The van der Waals surface area contributed by atoms with E-state index in [4.69, 9.17) is 4.74 Å². The molecule has 0 heterocycles. The van der Waals surface area contributed by atoms with Gasteiger partial charge >= 0.3 is 5.97 Å². The first kappa shape index (κ1) is 23.3. The van der Waals surface area contributed by atoms with E-state index in [9.17, 15) is 9.59 Å². The standard InChI is InChI=1S/C32H32O3/c1-5-12-23-20(4)28(25-16-11-10-15-24(23)25)26-18-22-17-19(3)27(32(34)35-6-2)29(30(22)31(26)33)21-13-8-7-9-14-21/h5,7-11,13-17,23,26,28-30H,1,4,6,12,18H2,2-3H3. The number of ketones is 1. The predicted molar refractivity (Wildman–Crippen MR) is 139 cm³/mol. The number of fused-ring (bicyclic) bond motifs is 2. The summed E-state index contributed by atoms with van der Waals surface area (Å²) in [5.41, 5.74) is 7.19. The molecule has 0 radical (unpaired) electrons. The van der Waals surface area contributed by atoms with Crippen LogP contribution in [-0.4, -0.2) is 18.4 Å². The van der Waals surface area contributed by atoms with E-state index in [1.54, 1.807) is 0 Å². The lowest BCUT2D eigenvalue weighted by molar-refractivity contribution is -0.139. The number of carbonyl (C=O) groups excluding carboxylic acids is 2. The van der Waals surface area contributed by atoms with Crippen molar-refractivity contribution in [2.24, 2.45) is 11.8 Å². The molecule has 1 saturated carbocycles. The van der Waals surface area contributed by atoms with Crippen molar-refractivity contribution in [3.05, 3.63) is 119 Å². The summed E-state index contributed by atoms with van der Waals surface area (Å²) in [5.74, 6) is -0.816. The molecule has 0 spiro atoms. The zero-order valence-electron chi connectivity index (χ0n) is 20.5. The Morgan fingerprint density at radius 1 is 1.03 bits per heavy atom. The largest absolute Gasteiger partial charge is 0.463 e. The summed E-state index contributed by atoms with van der Waals surface area (Å²) in [6.07, 6.45) is 5.52. The van der Waals surface area contributed by atoms with Gasteiger partial charge in [-0.3, -0.25) is 4.79 Å². The Kier molecular flexibility index (Phi) is 6.19. The summed E-state index contributed by atoms with van der Waals surface area (Å²) in [4.78, 5) is 27.4. The second kappa shape index (κ2) is 9.30. The van der Waals surface area contributed by atoms with E-state index in [1.165, 1.54) is 11.1 Å². The van der Waals surface area contributed by atoms with E-state index in [0.717, 1.165) is 28.7 Å². The van der Waals surface area contributed by atoms with Gasteiger partial charge in [-0.25, -0.2) is 4.79 Å². The van der Waals surface area contributed by atoms with Crippen molar-refractivity contribution >= 4 is 11.8 Å². The number of hydrogen-bond acceptors (Lipinski definition) is 3. The first-order valence-electron chi connectivity index (χ1n) is 12.5. The first-order chi connectivity index (χ1) is 17.0. The van der Waals surface area contributed by atoms with Gasteiger partial charge in [-0.15, -0.1) is 6.58 Å². The molecule has 5 unspecified atom stereocenters. The maximum Gasteiger partial charge on any atom is 0.334 e. The van der Waals surface area contributed by atoms with Crippen molar-refractivity contribution in [2.45, 2.75) is 44.4 Å². The summed E-state index contributed by atoms with van der Waals surface area (Å²) >= 11 is 0. The highest BCUT2D eigenvalue weighted by Crippen LogP contribution is 2.58. The molecule has 3 aliphatic carbocycles. The van der Waals surface area contributed by atoms with Crippen LogP contribution in [0.15, 0.2) is 102 Å². The number of allylic oxidation sites excluding steroid dienone is 5. The van der Waals surface area contributed by atoms with Crippen molar-refractivity contribution in [1.29, 1.82) is 0 Å². The van der Waals surface area contributed by atoms with E-state index in [-0.39, 0.29) is 41.3 Å². The molecule has 5 rings (SSSR count). The predicted octanol–water partition coefficient (Wildman–Crippen LogP) is 6.81. The number of Topliss-reactive ketones (excluding diaryl/α,β-unsaturated/α-hetero) is 1. The van der Waals surface area contributed by atoms with E-state index < -0.39 is 0 Å². The van der Waals surface area contributed by atoms with Crippen LogP contribution in [0.5, 0.6) is 0 Å². The van der Waals surface area contributed by atoms with Gasteiger partial charge in [0, 0.05) is 29.2 Å². The maximum absolute atomic E-state index is 14.3. The van der Waals surface area contributed by atoms with Gasteiger partial charge in [0.1, 0.15) is 5.78 Å². The Morgan fingerprint density at radius 2 is 1.71 bits per heavy atom. The Balaban J connectivity index is 1.58. The first-order valence-corrected chi connectivity index (χ1v) is 12.5. The van der Waals surface area contributed by atoms with Crippen LogP contribution in [0.4, 0.5) is 0 Å². The molecule has 2 aromatic rings. The lowest BCUT2D eigenvalue weighted by atomic mass is 9.71. The van der Waals surface area contributed by atoms with Gasteiger partial charge in [0.15, 0.2) is 0 Å². The average Bonchev–Trinajstić information content (AvgIpc) is 3.32. The molecule has 0 amide bonds. The van der Waals surface area contributed by atoms with Crippen molar-refractivity contribution in [3.8, 4) is 0 Å². The highest BCUT2D eigenvalue weighted by molar-refractivity contribution is 5.99. The number of benzene rings is 2. The Hall–Kier alpha value is -3.46. The topological polar surface area (TPSA) is 43.4 Å². The van der Waals surface area contributed by atoms with Crippen LogP contribution in [0.3, 0.4) is 0 Å². The van der Waals surface area contributed by atoms with Gasteiger partial charge in [0.2, 0.25) is 0 Å². The molecule has 0 N–H and O–H groups in total. The van der Waals surface area contributed by atoms with Gasteiger partial charge in [-0.05, 0) is 49.0 Å². The van der Waals surface area contributed by atoms with Crippen molar-refractivity contribution in [3.63, 3.8) is 0 Å². The molecule has 1 fully saturated rings. The fraction of sp³-hybridized carbons (Fsp3) is 0.312. The Labute approximate surface area is 207 Å². The fourth-order valence-corrected chi connectivity index (χ4v) is 6.64. The second-order valence-corrected chi connectivity index (χ2v) is 9.87. The van der Waals surface area contributed by atoms with E-state index in [1.807, 2.05) is 50.3 Å². The van der Waals surface area contributed by atoms with Crippen LogP contribution in [0.25, 0.3) is 0 Å². The summed E-state index contributed by atoms with van der Waals surface area (Å²) in [6.45, 7) is 12.5. The molecule has 3 aliphatic rings. The van der Waals surface area contributed by atoms with E-state index >= 15 is 0 Å². The molecule has 0 aromatic heterocycles. The number of ether oxygens (including phenoxy) is 1. The SMILES string of the molecule is C=CCC1C(=C)C(C2CC3=CC(C)=C(C(=O)OCC)C(c4ccccc4)C3C2=O)c2ccccc21. The van der Waals surface area contributed by atoms with E-state index in [0.29, 0.717) is 18.6 Å². The van der Waals surface area contributed by atoms with E-state index in [2.05, 4.69) is 43.5 Å². The Bertz CT molecular complexity index is 1260. The van der Waals surface area contributed by atoms with Gasteiger partial charge in [0.05, 0.1) is 12.5 Å². The lowest BCUT2D eigenvalue weighted by Crippen LogP contribution is -2.30. The molecule has 2 aromatic carbocycles. The van der Waals surface area contributed by atoms with Crippen LogP contribution < -0.4 is 0 Å². The monoisotopic (exact) mass is 464 g/mol. The maximum atomic E-state index is 14.3. The van der Waals surface area contributed by atoms with Crippen molar-refractivity contribution in [1.82, 2.24) is 0 Å². The number of hydrogen-bond donors (Lipinski definition) is 0. The molecule has 3 nitrogen and oxygen atoms in total. The number of rotatable bonds is 6. The van der Waals surface area contributed by atoms with Crippen LogP contribution >= 0.6 is 0 Å². The van der Waals surface area contributed by atoms with Gasteiger partial charge in [-0.2, -0.15) is 0 Å². The molecular weight excluding hydrogens is 432 g/mol.